The van der Waals surface area contributed by atoms with Crippen molar-refractivity contribution in [2.75, 3.05) is 13.6 Å². The lowest BCUT2D eigenvalue weighted by atomic mass is 10.1. The molecule has 3 nitrogen and oxygen atoms in total. The van der Waals surface area contributed by atoms with Crippen LogP contribution in [0.15, 0.2) is 12.1 Å². The van der Waals surface area contributed by atoms with E-state index in [-0.39, 0.29) is 33.5 Å². The van der Waals surface area contributed by atoms with Crippen molar-refractivity contribution in [2.45, 2.75) is 25.4 Å². The van der Waals surface area contributed by atoms with Gasteiger partial charge in [0.2, 0.25) is 0 Å². The molecule has 0 aromatic heterocycles. The molecule has 1 aliphatic rings. The summed E-state index contributed by atoms with van der Waals surface area (Å²) >= 11 is 11.5. The van der Waals surface area contributed by atoms with Crippen LogP contribution < -0.4 is 0 Å². The largest absolute Gasteiger partial charge is 0.393 e. The number of carbonyl (C=O) groups excluding carboxylic acids is 1. The number of rotatable bonds is 3. The number of aliphatic hydroxyl groups is 1. The number of nitrogens with zero attached hydrogens (tertiary/aromatic N) is 1. The van der Waals surface area contributed by atoms with Gasteiger partial charge in [-0.1, -0.05) is 29.6 Å². The monoisotopic (exact) mass is 319 g/mol. The fourth-order valence-corrected chi connectivity index (χ4v) is 3.02. The van der Waals surface area contributed by atoms with Crippen LogP contribution in [-0.4, -0.2) is 35.6 Å². The van der Waals surface area contributed by atoms with Crippen molar-refractivity contribution in [2.24, 2.45) is 5.92 Å². The summed E-state index contributed by atoms with van der Waals surface area (Å²) in [6, 6.07) is 2.28. The summed E-state index contributed by atoms with van der Waals surface area (Å²) in [6.45, 7) is 0.431. The van der Waals surface area contributed by atoms with Crippen LogP contribution in [0.5, 0.6) is 0 Å². The van der Waals surface area contributed by atoms with Crippen molar-refractivity contribution in [3.8, 4) is 0 Å². The summed E-state index contributed by atoms with van der Waals surface area (Å²) in [4.78, 5) is 13.7. The molecule has 0 unspecified atom stereocenters. The summed E-state index contributed by atoms with van der Waals surface area (Å²) in [6.07, 6.45) is 2.25. The molecule has 1 amide bonds. The molecule has 1 aromatic carbocycles. The van der Waals surface area contributed by atoms with E-state index in [4.69, 9.17) is 23.2 Å². The Morgan fingerprint density at radius 2 is 2.10 bits per heavy atom. The minimum absolute atomic E-state index is 0.0693. The molecule has 1 aliphatic carbocycles. The van der Waals surface area contributed by atoms with E-state index in [1.807, 2.05) is 0 Å². The number of hydrogen-bond acceptors (Lipinski definition) is 2. The van der Waals surface area contributed by atoms with Gasteiger partial charge in [0.15, 0.2) is 0 Å². The first kappa shape index (κ1) is 15.5. The van der Waals surface area contributed by atoms with Gasteiger partial charge in [0.05, 0.1) is 21.7 Å². The van der Waals surface area contributed by atoms with Crippen molar-refractivity contribution >= 4 is 29.1 Å². The Morgan fingerprint density at radius 3 is 2.70 bits per heavy atom. The number of aliphatic hydroxyl groups excluding tert-OH is 1. The van der Waals surface area contributed by atoms with Crippen LogP contribution in [0.25, 0.3) is 0 Å². The smallest absolute Gasteiger partial charge is 0.255 e. The third-order valence-corrected chi connectivity index (χ3v) is 4.32. The predicted molar refractivity (Wildman–Crippen MR) is 76.7 cm³/mol. The van der Waals surface area contributed by atoms with Crippen molar-refractivity contribution in [3.05, 3.63) is 33.6 Å². The van der Waals surface area contributed by atoms with Crippen molar-refractivity contribution in [3.63, 3.8) is 0 Å². The summed E-state index contributed by atoms with van der Waals surface area (Å²) in [5, 5.41) is 9.80. The molecule has 1 N–H and O–H groups in total. The quantitative estimate of drug-likeness (QED) is 0.868. The first-order chi connectivity index (χ1) is 9.40. The molecule has 2 atom stereocenters. The maximum atomic E-state index is 13.4. The second-order valence-corrected chi connectivity index (χ2v) is 6.00. The first-order valence-electron chi connectivity index (χ1n) is 6.48. The highest BCUT2D eigenvalue weighted by Gasteiger charge is 2.28. The van der Waals surface area contributed by atoms with E-state index in [0.29, 0.717) is 6.54 Å². The normalized spacial score (nSPS) is 22.1. The predicted octanol–water partition coefficient (Wildman–Crippen LogP) is 3.37. The van der Waals surface area contributed by atoms with Crippen LogP contribution >= 0.6 is 23.2 Å². The lowest BCUT2D eigenvalue weighted by molar-refractivity contribution is 0.0693. The zero-order valence-corrected chi connectivity index (χ0v) is 12.6. The Bertz CT molecular complexity index is 524. The zero-order valence-electron chi connectivity index (χ0n) is 11.1. The second-order valence-electron chi connectivity index (χ2n) is 5.19. The van der Waals surface area contributed by atoms with E-state index in [9.17, 15) is 14.3 Å². The maximum Gasteiger partial charge on any atom is 0.255 e. The third-order valence-electron chi connectivity index (χ3n) is 3.71. The van der Waals surface area contributed by atoms with Crippen LogP contribution in [0.3, 0.4) is 0 Å². The van der Waals surface area contributed by atoms with Crippen molar-refractivity contribution in [1.82, 2.24) is 4.90 Å². The van der Waals surface area contributed by atoms with Crippen LogP contribution in [0.4, 0.5) is 4.39 Å². The lowest BCUT2D eigenvalue weighted by Crippen LogP contribution is -2.34. The van der Waals surface area contributed by atoms with E-state index in [0.717, 1.165) is 25.3 Å². The fourth-order valence-electron chi connectivity index (χ4n) is 2.56. The standard InChI is InChI=1S/C14H16Cl2FNO2/c1-18(7-8-3-2-4-13(8)19)14(20)9-5-12(17)11(16)6-10(9)15/h5-6,8,13,19H,2-4,7H2,1H3/t8-,13-/m1/s1. The molecule has 2 rings (SSSR count). The highest BCUT2D eigenvalue weighted by Crippen LogP contribution is 2.28. The molecule has 0 heterocycles. The van der Waals surface area contributed by atoms with Gasteiger partial charge in [-0.05, 0) is 25.0 Å². The Labute approximate surface area is 127 Å². The summed E-state index contributed by atoms with van der Waals surface area (Å²) in [5.41, 5.74) is 0.0866. The Balaban J connectivity index is 2.12. The molecule has 0 aliphatic heterocycles. The second kappa shape index (κ2) is 6.29. The highest BCUT2D eigenvalue weighted by atomic mass is 35.5. The van der Waals surface area contributed by atoms with Crippen LogP contribution in [0.2, 0.25) is 10.0 Å². The van der Waals surface area contributed by atoms with Crippen molar-refractivity contribution < 1.29 is 14.3 Å². The average molecular weight is 320 g/mol. The number of halogens is 3. The number of benzene rings is 1. The molecule has 0 bridgehead atoms. The Hall–Kier alpha value is -0.840. The van der Waals surface area contributed by atoms with Gasteiger partial charge in [-0.15, -0.1) is 0 Å². The van der Waals surface area contributed by atoms with Gasteiger partial charge in [-0.2, -0.15) is 0 Å². The molecule has 110 valence electrons. The molecule has 20 heavy (non-hydrogen) atoms. The van der Waals surface area contributed by atoms with Gasteiger partial charge in [-0.3, -0.25) is 4.79 Å². The van der Waals surface area contributed by atoms with E-state index in [2.05, 4.69) is 0 Å². The molecule has 0 saturated heterocycles. The summed E-state index contributed by atoms with van der Waals surface area (Å²) in [5.74, 6) is -0.974. The summed E-state index contributed by atoms with van der Waals surface area (Å²) < 4.78 is 13.4. The Kier molecular flexibility index (Phi) is 4.89. The van der Waals surface area contributed by atoms with Gasteiger partial charge in [-0.25, -0.2) is 4.39 Å². The van der Waals surface area contributed by atoms with E-state index < -0.39 is 5.82 Å². The minimum atomic E-state index is -0.672. The molecular formula is C14H16Cl2FNO2. The fraction of sp³-hybridized carbons (Fsp3) is 0.500. The summed E-state index contributed by atoms with van der Waals surface area (Å²) in [7, 11) is 1.62. The van der Waals surface area contributed by atoms with Crippen molar-refractivity contribution in [1.29, 1.82) is 0 Å². The zero-order chi connectivity index (χ0) is 14.9. The molecule has 0 radical (unpaired) electrons. The van der Waals surface area contributed by atoms with Crippen LogP contribution in [0, 0.1) is 11.7 Å². The first-order valence-corrected chi connectivity index (χ1v) is 7.24. The van der Waals surface area contributed by atoms with Gasteiger partial charge in [0.1, 0.15) is 5.82 Å². The average Bonchev–Trinajstić information content (AvgIpc) is 2.78. The topological polar surface area (TPSA) is 40.5 Å². The van der Waals surface area contributed by atoms with E-state index in [1.54, 1.807) is 7.05 Å². The third kappa shape index (κ3) is 3.25. The Morgan fingerprint density at radius 1 is 1.40 bits per heavy atom. The molecule has 0 spiro atoms. The maximum absolute atomic E-state index is 13.4. The number of hydrogen-bond donors (Lipinski definition) is 1. The molecule has 1 saturated carbocycles. The highest BCUT2D eigenvalue weighted by molar-refractivity contribution is 6.36. The van der Waals surface area contributed by atoms with Crippen LogP contribution in [-0.2, 0) is 0 Å². The van der Waals surface area contributed by atoms with Gasteiger partial charge >= 0.3 is 0 Å². The molecule has 6 heteroatoms. The number of carbonyl (C=O) groups is 1. The minimum Gasteiger partial charge on any atom is -0.393 e. The van der Waals surface area contributed by atoms with Gasteiger partial charge in [0.25, 0.3) is 5.91 Å². The lowest BCUT2D eigenvalue weighted by Gasteiger charge is -2.23. The molecule has 1 aromatic rings. The van der Waals surface area contributed by atoms with E-state index >= 15 is 0 Å². The van der Waals surface area contributed by atoms with Gasteiger partial charge < -0.3 is 10.0 Å². The van der Waals surface area contributed by atoms with Gasteiger partial charge in [0, 0.05) is 19.5 Å². The van der Waals surface area contributed by atoms with E-state index in [1.165, 1.54) is 11.0 Å². The SMILES string of the molecule is CN(C[C@H]1CCC[C@H]1O)C(=O)c1cc(F)c(Cl)cc1Cl. The number of amides is 1. The molecular weight excluding hydrogens is 304 g/mol. The molecule has 1 fully saturated rings. The van der Waals surface area contributed by atoms with Crippen LogP contribution in [0.1, 0.15) is 29.6 Å².